The van der Waals surface area contributed by atoms with Crippen LogP contribution in [0, 0.1) is 0 Å². The van der Waals surface area contributed by atoms with Crippen molar-refractivity contribution >= 4 is 27.5 Å². The second-order valence-electron chi connectivity index (χ2n) is 4.82. The van der Waals surface area contributed by atoms with Crippen LogP contribution in [0.5, 0.6) is 0 Å². The number of halogens is 1. The van der Waals surface area contributed by atoms with Crippen molar-refractivity contribution in [3.05, 3.63) is 58.7 Å². The molecule has 4 nitrogen and oxygen atoms in total. The van der Waals surface area contributed by atoms with Crippen LogP contribution < -0.4 is 5.32 Å². The van der Waals surface area contributed by atoms with E-state index in [4.69, 9.17) is 0 Å². The quantitative estimate of drug-likeness (QED) is 0.795. The van der Waals surface area contributed by atoms with E-state index < -0.39 is 0 Å². The molecule has 0 amide bonds. The lowest BCUT2D eigenvalue weighted by atomic mass is 10.1. The Labute approximate surface area is 126 Å². The molecule has 0 radical (unpaired) electrons. The fourth-order valence-corrected chi connectivity index (χ4v) is 2.48. The van der Waals surface area contributed by atoms with Gasteiger partial charge in [0.05, 0.1) is 0 Å². The van der Waals surface area contributed by atoms with Gasteiger partial charge in [-0.3, -0.25) is 0 Å². The van der Waals surface area contributed by atoms with Gasteiger partial charge in [0.1, 0.15) is 0 Å². The van der Waals surface area contributed by atoms with Gasteiger partial charge in [-0.15, -0.1) is 5.10 Å². The Balaban J connectivity index is 1.72. The molecule has 0 aliphatic carbocycles. The Morgan fingerprint density at radius 3 is 2.80 bits per heavy atom. The number of rotatable bonds is 4. The third-order valence-electron chi connectivity index (χ3n) is 3.06. The highest BCUT2D eigenvalue weighted by molar-refractivity contribution is 9.10. The summed E-state index contributed by atoms with van der Waals surface area (Å²) in [5.41, 5.74) is 2.14. The van der Waals surface area contributed by atoms with Gasteiger partial charge in [-0.1, -0.05) is 30.3 Å². The van der Waals surface area contributed by atoms with Gasteiger partial charge in [-0.2, -0.15) is 4.98 Å². The number of hydrogen-bond donors (Lipinski definition) is 1. The van der Waals surface area contributed by atoms with Crippen molar-refractivity contribution < 1.29 is 0 Å². The summed E-state index contributed by atoms with van der Waals surface area (Å²) in [4.78, 5) is 4.46. The molecule has 1 N–H and O–H groups in total. The van der Waals surface area contributed by atoms with Gasteiger partial charge >= 0.3 is 0 Å². The molecular weight excluding hydrogens is 316 g/mol. The van der Waals surface area contributed by atoms with Gasteiger partial charge in [-0.05, 0) is 47.0 Å². The summed E-state index contributed by atoms with van der Waals surface area (Å²) >= 11 is 3.43. The topological polar surface area (TPSA) is 42.2 Å². The van der Waals surface area contributed by atoms with Crippen molar-refractivity contribution in [1.29, 1.82) is 0 Å². The van der Waals surface area contributed by atoms with Gasteiger partial charge < -0.3 is 5.32 Å². The van der Waals surface area contributed by atoms with Crippen LogP contribution >= 0.6 is 15.9 Å². The summed E-state index contributed by atoms with van der Waals surface area (Å²) < 4.78 is 2.75. The molecule has 0 aliphatic rings. The summed E-state index contributed by atoms with van der Waals surface area (Å²) in [5, 5.41) is 7.76. The molecule has 5 heteroatoms. The Hall–Kier alpha value is -1.88. The van der Waals surface area contributed by atoms with Gasteiger partial charge in [0.15, 0.2) is 5.65 Å². The maximum Gasteiger partial charge on any atom is 0.243 e. The van der Waals surface area contributed by atoms with E-state index in [1.807, 2.05) is 24.4 Å². The Bertz CT molecular complexity index is 708. The lowest BCUT2D eigenvalue weighted by molar-refractivity contribution is 0.775. The zero-order chi connectivity index (χ0) is 13.9. The lowest BCUT2D eigenvalue weighted by Gasteiger charge is -2.11. The number of benzene rings is 1. The second-order valence-corrected chi connectivity index (χ2v) is 5.74. The smallest absolute Gasteiger partial charge is 0.243 e. The van der Waals surface area contributed by atoms with Gasteiger partial charge in [-0.25, -0.2) is 4.52 Å². The molecule has 0 spiro atoms. The molecule has 3 aromatic rings. The first-order chi connectivity index (χ1) is 9.70. The van der Waals surface area contributed by atoms with E-state index in [9.17, 15) is 0 Å². The minimum absolute atomic E-state index is 0.276. The Kier molecular flexibility index (Phi) is 3.69. The summed E-state index contributed by atoms with van der Waals surface area (Å²) in [6.45, 7) is 2.13. The highest BCUT2D eigenvalue weighted by Crippen LogP contribution is 2.13. The maximum atomic E-state index is 4.46. The van der Waals surface area contributed by atoms with Crippen LogP contribution in [0.4, 0.5) is 5.95 Å². The Morgan fingerprint density at radius 2 is 2.00 bits per heavy atom. The summed E-state index contributed by atoms with van der Waals surface area (Å²) in [6, 6.07) is 14.6. The average Bonchev–Trinajstić information content (AvgIpc) is 2.80. The third-order valence-corrected chi connectivity index (χ3v) is 3.52. The molecule has 1 atom stereocenters. The maximum absolute atomic E-state index is 4.46. The van der Waals surface area contributed by atoms with Crippen LogP contribution in [-0.2, 0) is 6.42 Å². The molecule has 1 aromatic carbocycles. The second kappa shape index (κ2) is 5.63. The molecule has 0 fully saturated rings. The van der Waals surface area contributed by atoms with Crippen LogP contribution in [0.3, 0.4) is 0 Å². The number of nitrogens with one attached hydrogen (secondary N) is 1. The highest BCUT2D eigenvalue weighted by Gasteiger charge is 2.08. The molecule has 0 saturated heterocycles. The molecule has 2 heterocycles. The summed E-state index contributed by atoms with van der Waals surface area (Å²) in [5.74, 6) is 0.659. The normalized spacial score (nSPS) is 12.5. The number of fused-ring (bicyclic) bond motifs is 1. The van der Waals surface area contributed by atoms with Crippen molar-refractivity contribution in [2.45, 2.75) is 19.4 Å². The first kappa shape index (κ1) is 13.1. The van der Waals surface area contributed by atoms with Crippen molar-refractivity contribution in [2.75, 3.05) is 5.32 Å². The van der Waals surface area contributed by atoms with Crippen LogP contribution in [0.2, 0.25) is 0 Å². The van der Waals surface area contributed by atoms with E-state index in [0.29, 0.717) is 5.95 Å². The monoisotopic (exact) mass is 330 g/mol. The van der Waals surface area contributed by atoms with Crippen molar-refractivity contribution in [2.24, 2.45) is 0 Å². The zero-order valence-corrected chi connectivity index (χ0v) is 12.7. The SMILES string of the molecule is CC(Cc1ccccc1)Nc1nc2ccc(Br)cn2n1. The first-order valence-electron chi connectivity index (χ1n) is 6.53. The van der Waals surface area contributed by atoms with Gasteiger partial charge in [0.2, 0.25) is 5.95 Å². The minimum Gasteiger partial charge on any atom is -0.350 e. The molecule has 2 aromatic heterocycles. The van der Waals surface area contributed by atoms with Crippen LogP contribution in [0.25, 0.3) is 5.65 Å². The Morgan fingerprint density at radius 1 is 1.20 bits per heavy atom. The molecule has 0 saturated carbocycles. The van der Waals surface area contributed by atoms with E-state index in [2.05, 4.69) is 62.5 Å². The summed E-state index contributed by atoms with van der Waals surface area (Å²) in [6.07, 6.45) is 2.84. The van der Waals surface area contributed by atoms with Crippen LogP contribution in [0.1, 0.15) is 12.5 Å². The fraction of sp³-hybridized carbons (Fsp3) is 0.200. The largest absolute Gasteiger partial charge is 0.350 e. The van der Waals surface area contributed by atoms with E-state index in [1.54, 1.807) is 4.52 Å². The molecular formula is C15H15BrN4. The third kappa shape index (κ3) is 2.99. The first-order valence-corrected chi connectivity index (χ1v) is 7.32. The molecule has 102 valence electrons. The zero-order valence-electron chi connectivity index (χ0n) is 11.1. The molecule has 3 rings (SSSR count). The van der Waals surface area contributed by atoms with E-state index in [-0.39, 0.29) is 6.04 Å². The molecule has 1 unspecified atom stereocenters. The minimum atomic E-state index is 0.276. The average molecular weight is 331 g/mol. The fourth-order valence-electron chi connectivity index (χ4n) is 2.16. The van der Waals surface area contributed by atoms with E-state index >= 15 is 0 Å². The predicted octanol–water partition coefficient (Wildman–Crippen LogP) is 3.53. The van der Waals surface area contributed by atoms with E-state index in [0.717, 1.165) is 16.5 Å². The number of anilines is 1. The highest BCUT2D eigenvalue weighted by atomic mass is 79.9. The van der Waals surface area contributed by atoms with E-state index in [1.165, 1.54) is 5.56 Å². The summed E-state index contributed by atoms with van der Waals surface area (Å²) in [7, 11) is 0. The lowest BCUT2D eigenvalue weighted by Crippen LogP contribution is -2.18. The molecule has 20 heavy (non-hydrogen) atoms. The molecule has 0 aliphatic heterocycles. The predicted molar refractivity (Wildman–Crippen MR) is 83.9 cm³/mol. The van der Waals surface area contributed by atoms with Crippen molar-refractivity contribution in [3.63, 3.8) is 0 Å². The number of nitrogens with zero attached hydrogens (tertiary/aromatic N) is 3. The standard InChI is InChI=1S/C15H15BrN4/c1-11(9-12-5-3-2-4-6-12)17-15-18-14-8-7-13(16)10-20(14)19-15/h2-8,10-11H,9H2,1H3,(H,17,19). The number of pyridine rings is 1. The van der Waals surface area contributed by atoms with Gasteiger partial charge in [0.25, 0.3) is 0 Å². The van der Waals surface area contributed by atoms with Gasteiger partial charge in [0, 0.05) is 16.7 Å². The van der Waals surface area contributed by atoms with Crippen LogP contribution in [-0.4, -0.2) is 20.6 Å². The van der Waals surface area contributed by atoms with Crippen molar-refractivity contribution in [1.82, 2.24) is 14.6 Å². The van der Waals surface area contributed by atoms with Crippen molar-refractivity contribution in [3.8, 4) is 0 Å². The molecule has 0 bridgehead atoms. The number of hydrogen-bond acceptors (Lipinski definition) is 3. The van der Waals surface area contributed by atoms with Crippen LogP contribution in [0.15, 0.2) is 53.1 Å². The number of aromatic nitrogens is 3.